The average Bonchev–Trinajstić information content (AvgIpc) is 2.53. The summed E-state index contributed by atoms with van der Waals surface area (Å²) in [5.41, 5.74) is 0.190. The predicted molar refractivity (Wildman–Crippen MR) is 82.3 cm³/mol. The van der Waals surface area contributed by atoms with Crippen molar-refractivity contribution in [3.05, 3.63) is 47.8 Å². The van der Waals surface area contributed by atoms with Gasteiger partial charge in [-0.2, -0.15) is 0 Å². The first kappa shape index (κ1) is 17.1. The van der Waals surface area contributed by atoms with Crippen LogP contribution >= 0.6 is 0 Å². The lowest BCUT2D eigenvalue weighted by Crippen LogP contribution is -2.34. The van der Waals surface area contributed by atoms with E-state index in [-0.39, 0.29) is 11.4 Å². The van der Waals surface area contributed by atoms with Crippen LogP contribution in [0.1, 0.15) is 6.92 Å². The number of carbonyl (C=O) groups excluding carboxylic acids is 1. The lowest BCUT2D eigenvalue weighted by atomic mass is 10.2. The first-order valence-electron chi connectivity index (χ1n) is 6.97. The number of benzene rings is 2. The van der Waals surface area contributed by atoms with Crippen molar-refractivity contribution < 1.29 is 31.1 Å². The van der Waals surface area contributed by atoms with Crippen LogP contribution in [0.2, 0.25) is 0 Å². The molecule has 2 N–H and O–H groups in total. The molecule has 0 bridgehead atoms. The zero-order valence-corrected chi connectivity index (χ0v) is 13.5. The third kappa shape index (κ3) is 3.12. The molecule has 0 radical (unpaired) electrons. The fourth-order valence-corrected chi connectivity index (χ4v) is 3.32. The van der Waals surface area contributed by atoms with E-state index in [9.17, 15) is 26.4 Å². The molecule has 0 saturated heterocycles. The summed E-state index contributed by atoms with van der Waals surface area (Å²) in [4.78, 5) is 10.5. The van der Waals surface area contributed by atoms with Crippen LogP contribution in [0, 0.1) is 17.5 Å². The fraction of sp³-hybridized carbons (Fsp3) is 0.133. The summed E-state index contributed by atoms with van der Waals surface area (Å²) in [5.74, 6) is -5.30. The first-order chi connectivity index (χ1) is 11.7. The monoisotopic (exact) mass is 372 g/mol. The zero-order chi connectivity index (χ0) is 18.4. The summed E-state index contributed by atoms with van der Waals surface area (Å²) in [5, 5.41) is 2.52. The van der Waals surface area contributed by atoms with Gasteiger partial charge in [0, 0.05) is 0 Å². The summed E-state index contributed by atoms with van der Waals surface area (Å²) in [7, 11) is -4.52. The lowest BCUT2D eigenvalue weighted by molar-refractivity contribution is -0.122. The van der Waals surface area contributed by atoms with Crippen LogP contribution < -0.4 is 14.8 Å². The van der Waals surface area contributed by atoms with Gasteiger partial charge in [-0.25, -0.2) is 21.6 Å². The van der Waals surface area contributed by atoms with Crippen LogP contribution in [-0.2, 0) is 14.8 Å². The Hall–Kier alpha value is -2.75. The van der Waals surface area contributed by atoms with Crippen molar-refractivity contribution in [3.63, 3.8) is 0 Å². The largest absolute Gasteiger partial charge is 0.479 e. The van der Waals surface area contributed by atoms with Gasteiger partial charge in [0.15, 0.2) is 23.6 Å². The van der Waals surface area contributed by atoms with Gasteiger partial charge in [0.1, 0.15) is 10.6 Å². The Kier molecular flexibility index (Phi) is 4.07. The number of anilines is 2. The number of hydrogen-bond acceptors (Lipinski definition) is 4. The van der Waals surface area contributed by atoms with Crippen molar-refractivity contribution >= 4 is 27.3 Å². The highest BCUT2D eigenvalue weighted by Gasteiger charge is 2.26. The van der Waals surface area contributed by atoms with Crippen LogP contribution in [0.4, 0.5) is 24.5 Å². The summed E-state index contributed by atoms with van der Waals surface area (Å²) in [6, 6.07) is 5.11. The quantitative estimate of drug-likeness (QED) is 0.812. The summed E-state index contributed by atoms with van der Waals surface area (Å²) in [6.45, 7) is 1.54. The molecular weight excluding hydrogens is 361 g/mol. The number of ether oxygens (including phenoxy) is 1. The van der Waals surface area contributed by atoms with E-state index >= 15 is 0 Å². The van der Waals surface area contributed by atoms with Crippen LogP contribution in [-0.4, -0.2) is 20.4 Å². The molecule has 25 heavy (non-hydrogen) atoms. The molecule has 0 spiro atoms. The molecule has 2 aromatic carbocycles. The van der Waals surface area contributed by atoms with Gasteiger partial charge < -0.3 is 10.1 Å². The molecule has 0 aromatic heterocycles. The van der Waals surface area contributed by atoms with E-state index < -0.39 is 44.4 Å². The second-order valence-electron chi connectivity index (χ2n) is 5.24. The third-order valence-corrected chi connectivity index (χ3v) is 4.85. The standard InChI is InChI=1S/C15H11F3N2O4S/c1-7-15(21)19-10-6-8(2-4-11(10)24-7)20-25(22,23)12-5-3-9(16)13(17)14(12)18/h2-7,20H,1H3,(H,19,21)/t7-/m0/s1. The molecule has 1 heterocycles. The van der Waals surface area contributed by atoms with Crippen LogP contribution in [0.15, 0.2) is 35.2 Å². The Morgan fingerprint density at radius 3 is 2.56 bits per heavy atom. The number of carbonyl (C=O) groups is 1. The molecule has 1 aliphatic rings. The Morgan fingerprint density at radius 2 is 1.84 bits per heavy atom. The molecule has 0 saturated carbocycles. The Labute approximate surface area is 140 Å². The minimum absolute atomic E-state index is 0.0265. The van der Waals surface area contributed by atoms with Gasteiger partial charge in [-0.15, -0.1) is 0 Å². The van der Waals surface area contributed by atoms with Crippen molar-refractivity contribution in [2.45, 2.75) is 17.9 Å². The highest BCUT2D eigenvalue weighted by atomic mass is 32.2. The van der Waals surface area contributed by atoms with E-state index in [1.165, 1.54) is 18.2 Å². The second kappa shape index (κ2) is 5.96. The topological polar surface area (TPSA) is 84.5 Å². The predicted octanol–water partition coefficient (Wildman–Crippen LogP) is 2.62. The van der Waals surface area contributed by atoms with Gasteiger partial charge in [-0.1, -0.05) is 0 Å². The number of amides is 1. The molecular formula is C15H11F3N2O4S. The van der Waals surface area contributed by atoms with Crippen molar-refractivity contribution in [2.24, 2.45) is 0 Å². The van der Waals surface area contributed by atoms with Crippen molar-refractivity contribution in [2.75, 3.05) is 10.0 Å². The van der Waals surface area contributed by atoms with E-state index in [0.29, 0.717) is 17.9 Å². The van der Waals surface area contributed by atoms with Gasteiger partial charge in [-0.3, -0.25) is 9.52 Å². The molecule has 10 heteroatoms. The van der Waals surface area contributed by atoms with Crippen LogP contribution in [0.3, 0.4) is 0 Å². The van der Waals surface area contributed by atoms with Gasteiger partial charge in [0.25, 0.3) is 15.9 Å². The second-order valence-corrected chi connectivity index (χ2v) is 6.89. The van der Waals surface area contributed by atoms with Gasteiger partial charge in [0.05, 0.1) is 11.4 Å². The first-order valence-corrected chi connectivity index (χ1v) is 8.45. The van der Waals surface area contributed by atoms with Gasteiger partial charge >= 0.3 is 0 Å². The fourth-order valence-electron chi connectivity index (χ4n) is 2.20. The molecule has 2 aromatic rings. The maximum Gasteiger partial charge on any atom is 0.265 e. The molecule has 0 aliphatic carbocycles. The Morgan fingerprint density at radius 1 is 1.12 bits per heavy atom. The maximum atomic E-state index is 13.7. The Bertz CT molecular complexity index is 979. The van der Waals surface area contributed by atoms with E-state index in [2.05, 4.69) is 5.32 Å². The van der Waals surface area contributed by atoms with Crippen LogP contribution in [0.5, 0.6) is 5.75 Å². The molecule has 0 fully saturated rings. The average molecular weight is 372 g/mol. The lowest BCUT2D eigenvalue weighted by Gasteiger charge is -2.23. The number of halogens is 3. The molecule has 132 valence electrons. The summed E-state index contributed by atoms with van der Waals surface area (Å²) in [6.07, 6.45) is -0.702. The molecule has 1 amide bonds. The smallest absolute Gasteiger partial charge is 0.265 e. The van der Waals surface area contributed by atoms with E-state index in [0.717, 1.165) is 0 Å². The summed E-state index contributed by atoms with van der Waals surface area (Å²) >= 11 is 0. The molecule has 0 unspecified atom stereocenters. The van der Waals surface area contributed by atoms with Gasteiger partial charge in [0.2, 0.25) is 0 Å². The highest BCUT2D eigenvalue weighted by molar-refractivity contribution is 7.92. The minimum Gasteiger partial charge on any atom is -0.479 e. The van der Waals surface area contributed by atoms with Crippen molar-refractivity contribution in [3.8, 4) is 5.75 Å². The van der Waals surface area contributed by atoms with Crippen molar-refractivity contribution in [1.82, 2.24) is 0 Å². The highest BCUT2D eigenvalue weighted by Crippen LogP contribution is 2.33. The van der Waals surface area contributed by atoms with Gasteiger partial charge in [-0.05, 0) is 37.3 Å². The van der Waals surface area contributed by atoms with Crippen LogP contribution in [0.25, 0.3) is 0 Å². The normalized spacial score (nSPS) is 16.6. The number of hydrogen-bond donors (Lipinski definition) is 2. The number of sulfonamides is 1. The molecule has 1 aliphatic heterocycles. The number of fused-ring (bicyclic) bond motifs is 1. The maximum absolute atomic E-state index is 13.7. The number of nitrogens with one attached hydrogen (secondary N) is 2. The zero-order valence-electron chi connectivity index (χ0n) is 12.6. The van der Waals surface area contributed by atoms with E-state index in [1.54, 1.807) is 6.92 Å². The molecule has 6 nitrogen and oxygen atoms in total. The Balaban J connectivity index is 1.94. The number of rotatable bonds is 3. The molecule has 1 atom stereocenters. The minimum atomic E-state index is -4.52. The third-order valence-electron chi connectivity index (χ3n) is 3.45. The molecule has 3 rings (SSSR count). The van der Waals surface area contributed by atoms with E-state index in [1.807, 2.05) is 4.72 Å². The SMILES string of the molecule is C[C@@H]1Oc2ccc(NS(=O)(=O)c3ccc(F)c(F)c3F)cc2NC1=O. The van der Waals surface area contributed by atoms with Crippen molar-refractivity contribution in [1.29, 1.82) is 0 Å². The summed E-state index contributed by atoms with van der Waals surface area (Å²) < 4.78 is 71.7. The van der Waals surface area contributed by atoms with E-state index in [4.69, 9.17) is 4.74 Å².